The van der Waals surface area contributed by atoms with Crippen molar-refractivity contribution in [2.24, 2.45) is 0 Å². The fraction of sp³-hybridized carbons (Fsp3) is 0.375. The van der Waals surface area contributed by atoms with Crippen molar-refractivity contribution in [3.63, 3.8) is 0 Å². The smallest absolute Gasteiger partial charge is 0.253 e. The van der Waals surface area contributed by atoms with Crippen molar-refractivity contribution in [2.45, 2.75) is 32.6 Å². The van der Waals surface area contributed by atoms with Crippen molar-refractivity contribution in [1.82, 2.24) is 15.1 Å². The van der Waals surface area contributed by atoms with E-state index in [1.54, 1.807) is 30.3 Å². The molecule has 0 spiro atoms. The summed E-state index contributed by atoms with van der Waals surface area (Å²) in [5.74, 6) is 1.87. The maximum atomic E-state index is 13.1. The van der Waals surface area contributed by atoms with Gasteiger partial charge in [0.25, 0.3) is 5.91 Å². The van der Waals surface area contributed by atoms with Crippen LogP contribution in [-0.2, 0) is 0 Å². The number of likely N-dealkylation sites (tertiary alicyclic amines) is 1. The van der Waals surface area contributed by atoms with Gasteiger partial charge in [-0.1, -0.05) is 0 Å². The molecule has 2 aromatic carbocycles. The highest BCUT2D eigenvalue weighted by Gasteiger charge is 2.28. The van der Waals surface area contributed by atoms with Gasteiger partial charge in [-0.05, 0) is 69.2 Å². The second kappa shape index (κ2) is 9.80. The lowest BCUT2D eigenvalue weighted by Gasteiger charge is -2.30. The summed E-state index contributed by atoms with van der Waals surface area (Å²) in [6, 6.07) is 11.2. The quantitative estimate of drug-likeness (QED) is 0.531. The highest BCUT2D eigenvalue weighted by Crippen LogP contribution is 2.32. The van der Waals surface area contributed by atoms with Crippen molar-refractivity contribution < 1.29 is 23.1 Å². The summed E-state index contributed by atoms with van der Waals surface area (Å²) in [6.45, 7) is 6.01. The number of carbonyl (C=O) groups is 1. The van der Waals surface area contributed by atoms with E-state index in [-0.39, 0.29) is 17.6 Å². The molecule has 3 aromatic rings. The third-order valence-electron chi connectivity index (χ3n) is 5.45. The van der Waals surface area contributed by atoms with Gasteiger partial charge in [0.2, 0.25) is 11.8 Å². The van der Waals surface area contributed by atoms with Gasteiger partial charge in [0.15, 0.2) is 11.5 Å². The first kappa shape index (κ1) is 21.8. The molecule has 4 rings (SSSR count). The van der Waals surface area contributed by atoms with Gasteiger partial charge < -0.3 is 18.8 Å². The summed E-state index contributed by atoms with van der Waals surface area (Å²) in [5.41, 5.74) is 1.25. The number of rotatable bonds is 7. The molecular weight excluding hydrogens is 413 g/mol. The fourth-order valence-corrected chi connectivity index (χ4v) is 3.80. The van der Waals surface area contributed by atoms with Crippen LogP contribution >= 0.6 is 0 Å². The van der Waals surface area contributed by atoms with Crippen LogP contribution in [0.15, 0.2) is 46.9 Å². The Hall–Kier alpha value is -3.42. The standard InChI is InChI=1S/C24H26FN3O4/c1-3-30-20-10-7-18(15-21(20)31-4-2)24(29)28-13-11-17(12-14-28)23-27-26-22(32-23)16-5-8-19(25)9-6-16/h5-10,15,17H,3-4,11-14H2,1-2H3. The van der Waals surface area contributed by atoms with Gasteiger partial charge in [0, 0.05) is 30.1 Å². The molecule has 1 aliphatic heterocycles. The second-order valence-corrected chi connectivity index (χ2v) is 7.55. The molecule has 32 heavy (non-hydrogen) atoms. The number of aromatic nitrogens is 2. The Bertz CT molecular complexity index is 1060. The van der Waals surface area contributed by atoms with Crippen molar-refractivity contribution in [3.05, 3.63) is 59.7 Å². The number of amides is 1. The molecule has 0 unspecified atom stereocenters. The molecule has 8 heteroatoms. The Morgan fingerprint density at radius 2 is 1.72 bits per heavy atom. The van der Waals surface area contributed by atoms with E-state index in [1.807, 2.05) is 18.7 Å². The Balaban J connectivity index is 1.40. The van der Waals surface area contributed by atoms with Crippen LogP contribution in [-0.4, -0.2) is 47.3 Å². The van der Waals surface area contributed by atoms with Crippen molar-refractivity contribution >= 4 is 5.91 Å². The third kappa shape index (κ3) is 4.74. The predicted molar refractivity (Wildman–Crippen MR) is 116 cm³/mol. The zero-order valence-electron chi connectivity index (χ0n) is 18.2. The molecule has 1 fully saturated rings. The number of nitrogens with zero attached hydrogens (tertiary/aromatic N) is 3. The van der Waals surface area contributed by atoms with Crippen LogP contribution in [0.1, 0.15) is 48.9 Å². The minimum atomic E-state index is -0.313. The minimum Gasteiger partial charge on any atom is -0.490 e. The van der Waals surface area contributed by atoms with E-state index in [0.29, 0.717) is 60.7 Å². The normalized spacial score (nSPS) is 14.4. The Kier molecular flexibility index (Phi) is 6.68. The lowest BCUT2D eigenvalue weighted by Crippen LogP contribution is -2.38. The molecule has 0 N–H and O–H groups in total. The number of hydrogen-bond acceptors (Lipinski definition) is 6. The first-order valence-corrected chi connectivity index (χ1v) is 10.9. The monoisotopic (exact) mass is 439 g/mol. The molecule has 1 aromatic heterocycles. The maximum absolute atomic E-state index is 13.1. The number of halogens is 1. The average Bonchev–Trinajstić information content (AvgIpc) is 3.31. The minimum absolute atomic E-state index is 0.0371. The molecule has 0 radical (unpaired) electrons. The molecule has 1 aliphatic rings. The predicted octanol–water partition coefficient (Wildman–Crippen LogP) is 4.69. The van der Waals surface area contributed by atoms with Crippen LogP contribution in [0.4, 0.5) is 4.39 Å². The topological polar surface area (TPSA) is 77.7 Å². The largest absolute Gasteiger partial charge is 0.490 e. The molecule has 0 aliphatic carbocycles. The zero-order chi connectivity index (χ0) is 22.5. The molecule has 0 atom stereocenters. The average molecular weight is 439 g/mol. The van der Waals surface area contributed by atoms with Crippen molar-refractivity contribution in [1.29, 1.82) is 0 Å². The van der Waals surface area contributed by atoms with Crippen LogP contribution in [0.2, 0.25) is 0 Å². The Labute approximate surface area is 186 Å². The van der Waals surface area contributed by atoms with E-state index in [2.05, 4.69) is 10.2 Å². The van der Waals surface area contributed by atoms with E-state index in [4.69, 9.17) is 13.9 Å². The number of ether oxygens (including phenoxy) is 2. The van der Waals surface area contributed by atoms with Crippen LogP contribution in [0.3, 0.4) is 0 Å². The van der Waals surface area contributed by atoms with Crippen LogP contribution < -0.4 is 9.47 Å². The summed E-state index contributed by atoms with van der Waals surface area (Å²) in [7, 11) is 0. The van der Waals surface area contributed by atoms with E-state index in [9.17, 15) is 9.18 Å². The lowest BCUT2D eigenvalue weighted by molar-refractivity contribution is 0.0706. The third-order valence-corrected chi connectivity index (χ3v) is 5.45. The van der Waals surface area contributed by atoms with Crippen LogP contribution in [0.25, 0.3) is 11.5 Å². The van der Waals surface area contributed by atoms with E-state index in [0.717, 1.165) is 12.8 Å². The SMILES string of the molecule is CCOc1ccc(C(=O)N2CCC(c3nnc(-c4ccc(F)cc4)o3)CC2)cc1OCC. The molecule has 1 saturated heterocycles. The summed E-state index contributed by atoms with van der Waals surface area (Å²) in [6.07, 6.45) is 1.46. The number of hydrogen-bond donors (Lipinski definition) is 0. The van der Waals surface area contributed by atoms with E-state index in [1.165, 1.54) is 12.1 Å². The van der Waals surface area contributed by atoms with Gasteiger partial charge in [-0.3, -0.25) is 4.79 Å². The van der Waals surface area contributed by atoms with E-state index < -0.39 is 0 Å². The highest BCUT2D eigenvalue weighted by molar-refractivity contribution is 5.95. The first-order chi connectivity index (χ1) is 15.6. The van der Waals surface area contributed by atoms with Gasteiger partial charge in [-0.15, -0.1) is 10.2 Å². The highest BCUT2D eigenvalue weighted by atomic mass is 19.1. The molecule has 1 amide bonds. The van der Waals surface area contributed by atoms with Gasteiger partial charge >= 0.3 is 0 Å². The maximum Gasteiger partial charge on any atom is 0.253 e. The van der Waals surface area contributed by atoms with Gasteiger partial charge in [-0.2, -0.15) is 0 Å². The summed E-state index contributed by atoms with van der Waals surface area (Å²) in [5, 5.41) is 8.28. The Morgan fingerprint density at radius 3 is 2.41 bits per heavy atom. The molecular formula is C24H26FN3O4. The second-order valence-electron chi connectivity index (χ2n) is 7.55. The van der Waals surface area contributed by atoms with Gasteiger partial charge in [0.1, 0.15) is 5.82 Å². The van der Waals surface area contributed by atoms with Gasteiger partial charge in [0.05, 0.1) is 13.2 Å². The fourth-order valence-electron chi connectivity index (χ4n) is 3.80. The number of benzene rings is 2. The number of piperidine rings is 1. The zero-order valence-corrected chi connectivity index (χ0v) is 18.2. The number of carbonyl (C=O) groups excluding carboxylic acids is 1. The van der Waals surface area contributed by atoms with Crippen LogP contribution in [0, 0.1) is 5.82 Å². The molecule has 7 nitrogen and oxygen atoms in total. The molecule has 0 saturated carbocycles. The molecule has 0 bridgehead atoms. The van der Waals surface area contributed by atoms with Crippen molar-refractivity contribution in [2.75, 3.05) is 26.3 Å². The Morgan fingerprint density at radius 1 is 1.03 bits per heavy atom. The lowest BCUT2D eigenvalue weighted by atomic mass is 9.96. The summed E-state index contributed by atoms with van der Waals surface area (Å²) in [4.78, 5) is 14.9. The summed E-state index contributed by atoms with van der Waals surface area (Å²) < 4.78 is 30.2. The first-order valence-electron chi connectivity index (χ1n) is 10.9. The molecule has 2 heterocycles. The van der Waals surface area contributed by atoms with Crippen LogP contribution in [0.5, 0.6) is 11.5 Å². The molecule has 168 valence electrons. The van der Waals surface area contributed by atoms with E-state index >= 15 is 0 Å². The van der Waals surface area contributed by atoms with Gasteiger partial charge in [-0.25, -0.2) is 4.39 Å². The summed E-state index contributed by atoms with van der Waals surface area (Å²) >= 11 is 0. The van der Waals surface area contributed by atoms with Crippen molar-refractivity contribution in [3.8, 4) is 23.0 Å².